The van der Waals surface area contributed by atoms with Gasteiger partial charge in [-0.2, -0.15) is 4.31 Å². The van der Waals surface area contributed by atoms with E-state index in [1.807, 2.05) is 0 Å². The summed E-state index contributed by atoms with van der Waals surface area (Å²) in [6.45, 7) is 11.3. The molecule has 1 unspecified atom stereocenters. The molecule has 0 spiro atoms. The monoisotopic (exact) mass is 491 g/mol. The van der Waals surface area contributed by atoms with Crippen LogP contribution >= 0.6 is 11.6 Å². The second-order valence-corrected chi connectivity index (χ2v) is 12.3. The number of aromatic nitrogens is 1. The molecule has 0 radical (unpaired) electrons. The minimum Gasteiger partial charge on any atom is -0.349 e. The molecule has 180 valence electrons. The zero-order chi connectivity index (χ0) is 24.4. The van der Waals surface area contributed by atoms with Crippen LogP contribution in [-0.4, -0.2) is 36.7 Å². The van der Waals surface area contributed by atoms with E-state index in [9.17, 15) is 13.2 Å². The van der Waals surface area contributed by atoms with Crippen molar-refractivity contribution in [3.63, 3.8) is 0 Å². The Morgan fingerprint density at radius 1 is 1.12 bits per heavy atom. The van der Waals surface area contributed by atoms with Crippen molar-refractivity contribution in [3.8, 4) is 0 Å². The summed E-state index contributed by atoms with van der Waals surface area (Å²) in [4.78, 5) is 17.0. The summed E-state index contributed by atoms with van der Waals surface area (Å²) in [5.74, 6) is -0.0244. The molecule has 0 bridgehead atoms. The maximum Gasteiger partial charge on any atom is 0.246 e. The number of pyridine rings is 1. The molecule has 1 atom stereocenters. The average Bonchev–Trinajstić information content (AvgIpc) is 2.77. The lowest BCUT2D eigenvalue weighted by molar-refractivity contribution is -0.127. The zero-order valence-electron chi connectivity index (χ0n) is 20.0. The second-order valence-electron chi connectivity index (χ2n) is 10.1. The summed E-state index contributed by atoms with van der Waals surface area (Å²) in [6, 6.07) is 11.4. The first-order chi connectivity index (χ1) is 15.4. The molecule has 1 aliphatic heterocycles. The molecule has 2 aromatic rings. The Morgan fingerprint density at radius 3 is 2.24 bits per heavy atom. The van der Waals surface area contributed by atoms with Gasteiger partial charge in [0, 0.05) is 25.2 Å². The number of rotatable bonds is 6. The number of nitrogens with one attached hydrogen (secondary N) is 1. The number of piperidine rings is 1. The lowest BCUT2D eigenvalue weighted by Crippen LogP contribution is -2.44. The molecule has 0 aliphatic carbocycles. The third-order valence-electron chi connectivity index (χ3n) is 6.27. The van der Waals surface area contributed by atoms with Gasteiger partial charge in [0.05, 0.1) is 6.04 Å². The Kier molecular flexibility index (Phi) is 7.87. The fourth-order valence-corrected chi connectivity index (χ4v) is 6.06. The highest BCUT2D eigenvalue weighted by Crippen LogP contribution is 2.30. The van der Waals surface area contributed by atoms with Crippen molar-refractivity contribution in [3.05, 3.63) is 58.9 Å². The molecule has 1 N–H and O–H groups in total. The number of sulfonamides is 1. The summed E-state index contributed by atoms with van der Waals surface area (Å²) in [6.07, 6.45) is 2.40. The molecule has 0 saturated carbocycles. The van der Waals surface area contributed by atoms with Crippen molar-refractivity contribution < 1.29 is 13.2 Å². The van der Waals surface area contributed by atoms with E-state index in [4.69, 9.17) is 11.6 Å². The van der Waals surface area contributed by atoms with Gasteiger partial charge in [-0.25, -0.2) is 13.4 Å². The van der Waals surface area contributed by atoms with Gasteiger partial charge in [0.1, 0.15) is 10.0 Å². The van der Waals surface area contributed by atoms with Gasteiger partial charge in [0.2, 0.25) is 15.9 Å². The molecule has 3 rings (SSSR count). The van der Waals surface area contributed by atoms with Crippen molar-refractivity contribution >= 4 is 27.5 Å². The first kappa shape index (κ1) is 25.7. The number of halogens is 1. The van der Waals surface area contributed by atoms with Gasteiger partial charge in [-0.1, -0.05) is 70.5 Å². The fraction of sp³-hybridized carbons (Fsp3) is 0.520. The van der Waals surface area contributed by atoms with Gasteiger partial charge in [0.15, 0.2) is 0 Å². The van der Waals surface area contributed by atoms with E-state index in [2.05, 4.69) is 69.2 Å². The van der Waals surface area contributed by atoms with Gasteiger partial charge in [-0.3, -0.25) is 4.79 Å². The predicted molar refractivity (Wildman–Crippen MR) is 132 cm³/mol. The summed E-state index contributed by atoms with van der Waals surface area (Å²) >= 11 is 6.01. The van der Waals surface area contributed by atoms with Crippen LogP contribution in [0.3, 0.4) is 0 Å². The van der Waals surface area contributed by atoms with Crippen LogP contribution in [0, 0.1) is 11.8 Å². The molecule has 2 heterocycles. The minimum atomic E-state index is -3.73. The average molecular weight is 492 g/mol. The van der Waals surface area contributed by atoms with Crippen LogP contribution < -0.4 is 5.32 Å². The molecule has 8 heteroatoms. The van der Waals surface area contributed by atoms with Crippen LogP contribution in [0.2, 0.25) is 5.15 Å². The minimum absolute atomic E-state index is 0.00754. The quantitative estimate of drug-likeness (QED) is 0.580. The van der Waals surface area contributed by atoms with Crippen LogP contribution in [0.1, 0.15) is 64.6 Å². The van der Waals surface area contributed by atoms with Crippen molar-refractivity contribution in [2.45, 2.75) is 63.8 Å². The van der Waals surface area contributed by atoms with Crippen molar-refractivity contribution in [2.75, 3.05) is 13.1 Å². The summed E-state index contributed by atoms with van der Waals surface area (Å²) in [7, 11) is -3.73. The summed E-state index contributed by atoms with van der Waals surface area (Å²) in [5, 5.41) is 3.18. The smallest absolute Gasteiger partial charge is 0.246 e. The van der Waals surface area contributed by atoms with Gasteiger partial charge in [-0.15, -0.1) is 0 Å². The predicted octanol–water partition coefficient (Wildman–Crippen LogP) is 4.95. The van der Waals surface area contributed by atoms with Crippen LogP contribution in [0.4, 0.5) is 0 Å². The zero-order valence-corrected chi connectivity index (χ0v) is 21.6. The topological polar surface area (TPSA) is 79.4 Å². The van der Waals surface area contributed by atoms with Gasteiger partial charge < -0.3 is 5.32 Å². The highest BCUT2D eigenvalue weighted by molar-refractivity contribution is 7.89. The third-order valence-corrected chi connectivity index (χ3v) is 8.61. The molecule has 1 saturated heterocycles. The van der Waals surface area contributed by atoms with Gasteiger partial charge >= 0.3 is 0 Å². The Hall–Kier alpha value is -1.96. The molecule has 1 amide bonds. The lowest BCUT2D eigenvalue weighted by atomic mass is 9.85. The molecule has 1 aromatic heterocycles. The molecule has 1 aromatic carbocycles. The van der Waals surface area contributed by atoms with Crippen molar-refractivity contribution in [1.29, 1.82) is 0 Å². The Morgan fingerprint density at radius 2 is 1.73 bits per heavy atom. The lowest BCUT2D eigenvalue weighted by Gasteiger charge is -2.32. The second kappa shape index (κ2) is 10.1. The summed E-state index contributed by atoms with van der Waals surface area (Å²) < 4.78 is 27.3. The number of amides is 1. The van der Waals surface area contributed by atoms with Crippen LogP contribution in [0.25, 0.3) is 0 Å². The van der Waals surface area contributed by atoms with Crippen LogP contribution in [0.15, 0.2) is 47.5 Å². The van der Waals surface area contributed by atoms with Crippen LogP contribution in [-0.2, 0) is 20.2 Å². The standard InChI is InChI=1S/C25H34ClN3O3S/c1-17(2)22(18-8-10-20(11-9-18)25(3,4)5)28-24(30)19-12-15-29(16-13-19)33(31,32)21-7-6-14-27-23(21)26/h6-11,14,17,19,22H,12-13,15-16H2,1-5H3,(H,28,30). The molecule has 1 aliphatic rings. The Bertz CT molecular complexity index is 1070. The van der Waals surface area contributed by atoms with E-state index < -0.39 is 10.0 Å². The van der Waals surface area contributed by atoms with E-state index in [-0.39, 0.29) is 52.3 Å². The molecular formula is C25H34ClN3O3S. The molecular weight excluding hydrogens is 458 g/mol. The van der Waals surface area contributed by atoms with E-state index >= 15 is 0 Å². The van der Waals surface area contributed by atoms with E-state index in [1.54, 1.807) is 6.07 Å². The Labute approximate surface area is 202 Å². The largest absolute Gasteiger partial charge is 0.349 e. The normalized spacial score (nSPS) is 17.2. The van der Waals surface area contributed by atoms with Gasteiger partial charge in [-0.05, 0) is 47.4 Å². The first-order valence-corrected chi connectivity index (χ1v) is 13.2. The SMILES string of the molecule is CC(C)C(NC(=O)C1CCN(S(=O)(=O)c2cccnc2Cl)CC1)c1ccc(C(C)(C)C)cc1. The van der Waals surface area contributed by atoms with E-state index in [0.717, 1.165) is 5.56 Å². The number of carbonyl (C=O) groups excluding carboxylic acids is 1. The number of carbonyl (C=O) groups is 1. The first-order valence-electron chi connectivity index (χ1n) is 11.4. The highest BCUT2D eigenvalue weighted by Gasteiger charge is 2.34. The van der Waals surface area contributed by atoms with Crippen molar-refractivity contribution in [1.82, 2.24) is 14.6 Å². The third kappa shape index (κ3) is 5.94. The van der Waals surface area contributed by atoms with Gasteiger partial charge in [0.25, 0.3) is 0 Å². The molecule has 33 heavy (non-hydrogen) atoms. The highest BCUT2D eigenvalue weighted by atomic mass is 35.5. The molecule has 1 fully saturated rings. The molecule has 6 nitrogen and oxygen atoms in total. The number of benzene rings is 1. The van der Waals surface area contributed by atoms with E-state index in [0.29, 0.717) is 12.8 Å². The maximum absolute atomic E-state index is 13.1. The number of nitrogens with zero attached hydrogens (tertiary/aromatic N) is 2. The fourth-order valence-electron chi connectivity index (χ4n) is 4.16. The number of hydrogen-bond acceptors (Lipinski definition) is 4. The summed E-state index contributed by atoms with van der Waals surface area (Å²) in [5.41, 5.74) is 2.41. The number of hydrogen-bond donors (Lipinski definition) is 1. The van der Waals surface area contributed by atoms with E-state index in [1.165, 1.54) is 22.1 Å². The maximum atomic E-state index is 13.1. The Balaban J connectivity index is 1.65. The van der Waals surface area contributed by atoms with Crippen molar-refractivity contribution in [2.24, 2.45) is 11.8 Å². The van der Waals surface area contributed by atoms with Crippen LogP contribution in [0.5, 0.6) is 0 Å².